The fourth-order valence-electron chi connectivity index (χ4n) is 4.04. The first-order valence-corrected chi connectivity index (χ1v) is 8.18. The lowest BCUT2D eigenvalue weighted by Gasteiger charge is -2.21. The van der Waals surface area contributed by atoms with Gasteiger partial charge in [-0.25, -0.2) is 0 Å². The van der Waals surface area contributed by atoms with Gasteiger partial charge in [-0.2, -0.15) is 0 Å². The zero-order chi connectivity index (χ0) is 14.2. The first-order chi connectivity index (χ1) is 10.3. The Kier molecular flexibility index (Phi) is 3.34. The van der Waals surface area contributed by atoms with Crippen molar-refractivity contribution in [1.29, 1.82) is 0 Å². The number of carbonyl (C=O) groups excluding carboxylic acids is 1. The van der Waals surface area contributed by atoms with Crippen molar-refractivity contribution in [2.45, 2.75) is 19.3 Å². The van der Waals surface area contributed by atoms with Crippen molar-refractivity contribution in [3.63, 3.8) is 0 Å². The fourth-order valence-corrected chi connectivity index (χ4v) is 4.04. The predicted octanol–water partition coefficient (Wildman–Crippen LogP) is 1.73. The summed E-state index contributed by atoms with van der Waals surface area (Å²) in [6.45, 7) is 5.09. The van der Waals surface area contributed by atoms with E-state index in [0.29, 0.717) is 0 Å². The second-order valence-corrected chi connectivity index (χ2v) is 6.60. The van der Waals surface area contributed by atoms with Gasteiger partial charge >= 0.3 is 0 Å². The highest BCUT2D eigenvalue weighted by molar-refractivity contribution is 5.95. The van der Waals surface area contributed by atoms with E-state index >= 15 is 0 Å². The molecule has 3 heterocycles. The minimum atomic E-state index is 0.220. The summed E-state index contributed by atoms with van der Waals surface area (Å²) in [4.78, 5) is 14.8. The Bertz CT molecular complexity index is 543. The number of rotatable bonds is 1. The number of fused-ring (bicyclic) bond motifs is 2. The predicted molar refractivity (Wildman–Crippen MR) is 83.6 cm³/mol. The third kappa shape index (κ3) is 2.42. The summed E-state index contributed by atoms with van der Waals surface area (Å²) in [6.07, 6.45) is 3.33. The molecular formula is C17H23N3O. The lowest BCUT2D eigenvalue weighted by molar-refractivity contribution is 0.0758. The number of carbonyl (C=O) groups is 1. The Labute approximate surface area is 125 Å². The molecule has 2 fully saturated rings. The molecule has 1 aromatic carbocycles. The number of benzene rings is 1. The molecule has 4 heteroatoms. The second-order valence-electron chi connectivity index (χ2n) is 6.60. The molecule has 0 bridgehead atoms. The molecule has 0 saturated carbocycles. The number of nitrogens with zero attached hydrogens (tertiary/aromatic N) is 1. The van der Waals surface area contributed by atoms with E-state index in [4.69, 9.17) is 0 Å². The van der Waals surface area contributed by atoms with Crippen LogP contribution in [-0.2, 0) is 6.42 Å². The molecule has 112 valence electrons. The van der Waals surface area contributed by atoms with Crippen LogP contribution in [0.2, 0.25) is 0 Å². The highest BCUT2D eigenvalue weighted by Crippen LogP contribution is 2.28. The number of likely N-dealkylation sites (tertiary alicyclic amines) is 1. The van der Waals surface area contributed by atoms with Gasteiger partial charge in [-0.1, -0.05) is 0 Å². The Morgan fingerprint density at radius 3 is 2.67 bits per heavy atom. The van der Waals surface area contributed by atoms with Crippen LogP contribution in [0.1, 0.15) is 28.8 Å². The summed E-state index contributed by atoms with van der Waals surface area (Å²) in [5, 5.41) is 6.84. The molecule has 4 nitrogen and oxygen atoms in total. The molecule has 0 unspecified atom stereocenters. The van der Waals surface area contributed by atoms with Gasteiger partial charge in [0.2, 0.25) is 0 Å². The van der Waals surface area contributed by atoms with Crippen LogP contribution in [0.4, 0.5) is 5.69 Å². The fraction of sp³-hybridized carbons (Fsp3) is 0.588. The van der Waals surface area contributed by atoms with E-state index < -0.39 is 0 Å². The molecule has 4 rings (SSSR count). The van der Waals surface area contributed by atoms with Gasteiger partial charge in [-0.05, 0) is 68.0 Å². The average Bonchev–Trinajstić information content (AvgIpc) is 3.11. The molecule has 0 aromatic heterocycles. The van der Waals surface area contributed by atoms with E-state index in [1.807, 2.05) is 6.07 Å². The maximum Gasteiger partial charge on any atom is 0.253 e. The van der Waals surface area contributed by atoms with E-state index in [1.165, 1.54) is 11.3 Å². The van der Waals surface area contributed by atoms with E-state index in [9.17, 15) is 4.79 Å². The molecule has 2 N–H and O–H groups in total. The van der Waals surface area contributed by atoms with Gasteiger partial charge in [0, 0.05) is 30.9 Å². The Morgan fingerprint density at radius 1 is 1.14 bits per heavy atom. The summed E-state index contributed by atoms with van der Waals surface area (Å²) < 4.78 is 0. The monoisotopic (exact) mass is 285 g/mol. The van der Waals surface area contributed by atoms with Crippen molar-refractivity contribution in [1.82, 2.24) is 10.2 Å². The zero-order valence-electron chi connectivity index (χ0n) is 12.4. The number of hydrogen-bond donors (Lipinski definition) is 2. The van der Waals surface area contributed by atoms with Crippen LogP contribution >= 0.6 is 0 Å². The highest BCUT2D eigenvalue weighted by Gasteiger charge is 2.31. The topological polar surface area (TPSA) is 44.4 Å². The van der Waals surface area contributed by atoms with Crippen LogP contribution in [0.5, 0.6) is 0 Å². The lowest BCUT2D eigenvalue weighted by Crippen LogP contribution is -2.32. The van der Waals surface area contributed by atoms with Crippen LogP contribution in [0, 0.1) is 11.8 Å². The Balaban J connectivity index is 1.49. The minimum absolute atomic E-state index is 0.220. The molecule has 3 aliphatic heterocycles. The number of anilines is 1. The normalized spacial score (nSPS) is 27.7. The average molecular weight is 285 g/mol. The number of hydrogen-bond acceptors (Lipinski definition) is 3. The maximum absolute atomic E-state index is 12.8. The zero-order valence-corrected chi connectivity index (χ0v) is 12.4. The van der Waals surface area contributed by atoms with Crippen LogP contribution < -0.4 is 10.6 Å². The van der Waals surface area contributed by atoms with E-state index in [2.05, 4.69) is 27.7 Å². The van der Waals surface area contributed by atoms with Crippen LogP contribution in [0.3, 0.4) is 0 Å². The summed E-state index contributed by atoms with van der Waals surface area (Å²) in [6, 6.07) is 6.13. The van der Waals surface area contributed by atoms with Crippen molar-refractivity contribution >= 4 is 11.6 Å². The third-order valence-electron chi connectivity index (χ3n) is 5.37. The molecule has 2 saturated heterocycles. The molecule has 0 spiro atoms. The molecule has 3 aliphatic rings. The lowest BCUT2D eigenvalue weighted by atomic mass is 9.92. The first-order valence-electron chi connectivity index (χ1n) is 8.18. The molecular weight excluding hydrogens is 262 g/mol. The number of nitrogens with one attached hydrogen (secondary N) is 2. The third-order valence-corrected chi connectivity index (χ3v) is 5.37. The van der Waals surface area contributed by atoms with Gasteiger partial charge in [-0.15, -0.1) is 0 Å². The van der Waals surface area contributed by atoms with Gasteiger partial charge < -0.3 is 15.5 Å². The summed E-state index contributed by atoms with van der Waals surface area (Å²) in [5.41, 5.74) is 3.35. The van der Waals surface area contributed by atoms with Crippen LogP contribution in [-0.4, -0.2) is 43.5 Å². The van der Waals surface area contributed by atoms with Gasteiger partial charge in [0.15, 0.2) is 0 Å². The quantitative estimate of drug-likeness (QED) is 0.826. The van der Waals surface area contributed by atoms with Gasteiger partial charge in [-0.3, -0.25) is 4.79 Å². The first kappa shape index (κ1) is 13.1. The second kappa shape index (κ2) is 5.34. The summed E-state index contributed by atoms with van der Waals surface area (Å²) in [5.74, 6) is 1.76. The van der Waals surface area contributed by atoms with Crippen molar-refractivity contribution < 1.29 is 4.79 Å². The van der Waals surface area contributed by atoms with Crippen molar-refractivity contribution in [2.24, 2.45) is 11.8 Å². The van der Waals surface area contributed by atoms with E-state index in [-0.39, 0.29) is 5.91 Å². The molecule has 21 heavy (non-hydrogen) atoms. The number of amides is 1. The van der Waals surface area contributed by atoms with Gasteiger partial charge in [0.1, 0.15) is 0 Å². The molecule has 0 radical (unpaired) electrons. The summed E-state index contributed by atoms with van der Waals surface area (Å²) in [7, 11) is 0. The minimum Gasteiger partial charge on any atom is -0.384 e. The van der Waals surface area contributed by atoms with Crippen molar-refractivity contribution in [3.05, 3.63) is 29.3 Å². The van der Waals surface area contributed by atoms with Gasteiger partial charge in [0.05, 0.1) is 0 Å². The smallest absolute Gasteiger partial charge is 0.253 e. The Morgan fingerprint density at radius 2 is 1.90 bits per heavy atom. The highest BCUT2D eigenvalue weighted by atomic mass is 16.2. The maximum atomic E-state index is 12.8. The SMILES string of the molecule is O=C(c1ccc2c(c1)CCN2)N1CC[C@@H]2CNC[C@@H]2CC1. The summed E-state index contributed by atoms with van der Waals surface area (Å²) >= 11 is 0. The standard InChI is InChI=1S/C17H23N3O/c21-17(13-1-2-16-12(9-13)3-6-19-16)20-7-4-14-10-18-11-15(14)5-8-20/h1-2,9,14-15,18-19H,3-8,10-11H2/t14-,15+. The molecule has 1 aromatic rings. The van der Waals surface area contributed by atoms with E-state index in [0.717, 1.165) is 69.4 Å². The van der Waals surface area contributed by atoms with E-state index in [1.54, 1.807) is 0 Å². The van der Waals surface area contributed by atoms with Gasteiger partial charge in [0.25, 0.3) is 5.91 Å². The van der Waals surface area contributed by atoms with Crippen LogP contribution in [0.15, 0.2) is 18.2 Å². The van der Waals surface area contributed by atoms with Crippen LogP contribution in [0.25, 0.3) is 0 Å². The molecule has 1 amide bonds. The Hall–Kier alpha value is -1.55. The van der Waals surface area contributed by atoms with Crippen molar-refractivity contribution in [3.8, 4) is 0 Å². The molecule has 2 atom stereocenters. The largest absolute Gasteiger partial charge is 0.384 e. The molecule has 0 aliphatic carbocycles. The van der Waals surface area contributed by atoms with Crippen molar-refractivity contribution in [2.75, 3.05) is 38.0 Å².